The van der Waals surface area contributed by atoms with Crippen molar-refractivity contribution in [2.24, 2.45) is 5.73 Å². The van der Waals surface area contributed by atoms with Crippen molar-refractivity contribution in [3.63, 3.8) is 0 Å². The molecule has 1 aromatic heterocycles. The van der Waals surface area contributed by atoms with Crippen LogP contribution in [-0.4, -0.2) is 11.0 Å². The van der Waals surface area contributed by atoms with Crippen LogP contribution in [-0.2, 0) is 0 Å². The van der Waals surface area contributed by atoms with Gasteiger partial charge in [-0.1, -0.05) is 32.9 Å². The molecule has 21 heavy (non-hydrogen) atoms. The fourth-order valence-electron chi connectivity index (χ4n) is 2.25. The Bertz CT molecular complexity index is 537. The molecule has 0 bridgehead atoms. The number of benzene rings is 1. The summed E-state index contributed by atoms with van der Waals surface area (Å²) in [6.45, 7) is 6.57. The summed E-state index contributed by atoms with van der Waals surface area (Å²) >= 11 is 1.84. The molecule has 0 amide bonds. The Balaban J connectivity index is 2.19. The van der Waals surface area contributed by atoms with Crippen molar-refractivity contribution in [1.29, 1.82) is 0 Å². The number of nitrogens with zero attached hydrogens (tertiary/aromatic N) is 1. The lowest BCUT2D eigenvalue weighted by Crippen LogP contribution is -2.25. The number of pyridine rings is 1. The molecule has 0 saturated carbocycles. The summed E-state index contributed by atoms with van der Waals surface area (Å²) in [6, 6.07) is 13.1. The van der Waals surface area contributed by atoms with E-state index in [1.165, 1.54) is 16.0 Å². The first kappa shape index (κ1) is 16.1. The molecule has 0 aliphatic rings. The van der Waals surface area contributed by atoms with Crippen molar-refractivity contribution in [2.45, 2.75) is 49.3 Å². The third-order valence-electron chi connectivity index (χ3n) is 3.70. The van der Waals surface area contributed by atoms with E-state index in [4.69, 9.17) is 5.73 Å². The van der Waals surface area contributed by atoms with Gasteiger partial charge in [0.05, 0.1) is 0 Å². The number of thioether (sulfide) groups is 1. The van der Waals surface area contributed by atoms with Crippen molar-refractivity contribution in [1.82, 2.24) is 4.98 Å². The zero-order chi connectivity index (χ0) is 15.2. The molecule has 0 spiro atoms. The fourth-order valence-corrected chi connectivity index (χ4v) is 3.49. The van der Waals surface area contributed by atoms with Gasteiger partial charge in [0, 0.05) is 28.6 Å². The van der Waals surface area contributed by atoms with Crippen LogP contribution in [0.1, 0.15) is 49.5 Å². The quantitative estimate of drug-likeness (QED) is 0.781. The molecular formula is C18H24N2S. The molecule has 2 atom stereocenters. The Morgan fingerprint density at radius 1 is 1.00 bits per heavy atom. The first-order valence-corrected chi connectivity index (χ1v) is 8.42. The van der Waals surface area contributed by atoms with E-state index < -0.39 is 0 Å². The highest BCUT2D eigenvalue weighted by Crippen LogP contribution is 2.38. The predicted molar refractivity (Wildman–Crippen MR) is 91.6 cm³/mol. The zero-order valence-corrected chi connectivity index (χ0v) is 13.8. The maximum absolute atomic E-state index is 6.33. The summed E-state index contributed by atoms with van der Waals surface area (Å²) in [4.78, 5) is 5.37. The summed E-state index contributed by atoms with van der Waals surface area (Å²) in [5.74, 6) is 0.568. The molecule has 1 aromatic carbocycles. The molecule has 2 unspecified atom stereocenters. The van der Waals surface area contributed by atoms with Gasteiger partial charge in [0.1, 0.15) is 0 Å². The lowest BCUT2D eigenvalue weighted by molar-refractivity contribution is 0.634. The van der Waals surface area contributed by atoms with Crippen molar-refractivity contribution in [3.05, 3.63) is 59.9 Å². The van der Waals surface area contributed by atoms with Gasteiger partial charge in [-0.15, -0.1) is 11.8 Å². The van der Waals surface area contributed by atoms with E-state index in [-0.39, 0.29) is 11.3 Å². The topological polar surface area (TPSA) is 38.9 Å². The average Bonchev–Trinajstić information content (AvgIpc) is 2.53. The monoisotopic (exact) mass is 300 g/mol. The van der Waals surface area contributed by atoms with Gasteiger partial charge in [-0.2, -0.15) is 0 Å². The second kappa shape index (κ2) is 7.62. The molecule has 2 N–H and O–H groups in total. The molecule has 1 heterocycles. The minimum Gasteiger partial charge on any atom is -0.326 e. The molecule has 2 aromatic rings. The predicted octanol–water partition coefficient (Wildman–Crippen LogP) is 4.78. The van der Waals surface area contributed by atoms with E-state index in [0.717, 1.165) is 6.42 Å². The zero-order valence-electron chi connectivity index (χ0n) is 13.0. The van der Waals surface area contributed by atoms with Gasteiger partial charge in [-0.25, -0.2) is 0 Å². The van der Waals surface area contributed by atoms with E-state index in [0.29, 0.717) is 5.92 Å². The van der Waals surface area contributed by atoms with Gasteiger partial charge in [0.25, 0.3) is 0 Å². The van der Waals surface area contributed by atoms with Crippen LogP contribution in [0.4, 0.5) is 0 Å². The average molecular weight is 300 g/mol. The van der Waals surface area contributed by atoms with Gasteiger partial charge in [-0.05, 0) is 47.7 Å². The molecule has 2 rings (SSSR count). The third-order valence-corrected chi connectivity index (χ3v) is 5.12. The Kier molecular flexibility index (Phi) is 5.83. The van der Waals surface area contributed by atoms with Crippen LogP contribution in [0.25, 0.3) is 0 Å². The minimum atomic E-state index is 0.141. The van der Waals surface area contributed by atoms with E-state index in [1.54, 1.807) is 0 Å². The molecular weight excluding hydrogens is 276 g/mol. The van der Waals surface area contributed by atoms with Crippen LogP contribution in [0.3, 0.4) is 0 Å². The summed E-state index contributed by atoms with van der Waals surface area (Å²) in [5.41, 5.74) is 8.96. The molecule has 0 radical (unpaired) electrons. The molecule has 112 valence electrons. The molecule has 0 saturated heterocycles. The van der Waals surface area contributed by atoms with Crippen LogP contribution in [0.15, 0.2) is 53.7 Å². The Labute approximate surface area is 132 Å². The van der Waals surface area contributed by atoms with Crippen LogP contribution in [0.2, 0.25) is 0 Å². The second-order valence-electron chi connectivity index (χ2n) is 5.61. The largest absolute Gasteiger partial charge is 0.326 e. The van der Waals surface area contributed by atoms with E-state index >= 15 is 0 Å². The maximum atomic E-state index is 6.33. The fraction of sp³-hybridized carbons (Fsp3) is 0.389. The molecule has 0 aliphatic heterocycles. The summed E-state index contributed by atoms with van der Waals surface area (Å²) < 4.78 is 0. The molecule has 3 heteroatoms. The van der Waals surface area contributed by atoms with Crippen molar-refractivity contribution < 1.29 is 0 Å². The summed E-state index contributed by atoms with van der Waals surface area (Å²) in [6.07, 6.45) is 4.64. The highest BCUT2D eigenvalue weighted by atomic mass is 32.2. The van der Waals surface area contributed by atoms with E-state index in [1.807, 2.05) is 24.2 Å². The highest BCUT2D eigenvalue weighted by Gasteiger charge is 2.19. The lowest BCUT2D eigenvalue weighted by Gasteiger charge is -2.23. The van der Waals surface area contributed by atoms with Crippen molar-refractivity contribution in [3.8, 4) is 0 Å². The van der Waals surface area contributed by atoms with Crippen LogP contribution in [0, 0.1) is 0 Å². The molecule has 2 nitrogen and oxygen atoms in total. The first-order chi connectivity index (χ1) is 10.1. The van der Waals surface area contributed by atoms with Gasteiger partial charge < -0.3 is 5.73 Å². The number of nitrogens with two attached hydrogens (primary N) is 1. The van der Waals surface area contributed by atoms with Gasteiger partial charge in [-0.3, -0.25) is 4.98 Å². The number of hydrogen-bond acceptors (Lipinski definition) is 3. The van der Waals surface area contributed by atoms with Crippen LogP contribution < -0.4 is 5.73 Å². The van der Waals surface area contributed by atoms with Gasteiger partial charge in [0.15, 0.2) is 0 Å². The van der Waals surface area contributed by atoms with Crippen LogP contribution >= 0.6 is 11.8 Å². The number of rotatable bonds is 6. The third kappa shape index (κ3) is 4.32. The first-order valence-electron chi connectivity index (χ1n) is 7.54. The van der Waals surface area contributed by atoms with Gasteiger partial charge in [0.2, 0.25) is 0 Å². The standard InChI is InChI=1S/C18H24N2S/c1-4-17(19)18(15-9-11-20-12-10-15)21-16-7-5-14(6-8-16)13(2)3/h5-13,17-18H,4,19H2,1-3H3. The van der Waals surface area contributed by atoms with Crippen molar-refractivity contribution >= 4 is 11.8 Å². The van der Waals surface area contributed by atoms with E-state index in [2.05, 4.69) is 62.2 Å². The smallest absolute Gasteiger partial charge is 0.0496 e. The number of aromatic nitrogens is 1. The number of hydrogen-bond donors (Lipinski definition) is 1. The summed E-state index contributed by atoms with van der Waals surface area (Å²) in [7, 11) is 0. The lowest BCUT2D eigenvalue weighted by atomic mass is 10.0. The maximum Gasteiger partial charge on any atom is 0.0496 e. The Hall–Kier alpha value is -1.32. The Morgan fingerprint density at radius 3 is 2.14 bits per heavy atom. The minimum absolute atomic E-state index is 0.141. The highest BCUT2D eigenvalue weighted by molar-refractivity contribution is 7.99. The second-order valence-corrected chi connectivity index (χ2v) is 6.83. The molecule has 0 aliphatic carbocycles. The Morgan fingerprint density at radius 2 is 1.62 bits per heavy atom. The molecule has 0 fully saturated rings. The SMILES string of the molecule is CCC(N)C(Sc1ccc(C(C)C)cc1)c1ccncc1. The van der Waals surface area contributed by atoms with E-state index in [9.17, 15) is 0 Å². The van der Waals surface area contributed by atoms with Gasteiger partial charge >= 0.3 is 0 Å². The van der Waals surface area contributed by atoms with Crippen LogP contribution in [0.5, 0.6) is 0 Å². The normalized spacial score (nSPS) is 14.1. The van der Waals surface area contributed by atoms with Crippen molar-refractivity contribution in [2.75, 3.05) is 0 Å². The summed E-state index contributed by atoms with van der Waals surface area (Å²) in [5, 5.41) is 0.267.